The third kappa shape index (κ3) is 4.19. The van der Waals surface area contributed by atoms with Crippen molar-refractivity contribution in [3.63, 3.8) is 0 Å². The van der Waals surface area contributed by atoms with Gasteiger partial charge in [0.1, 0.15) is 0 Å². The molecule has 4 N–H and O–H groups in total. The van der Waals surface area contributed by atoms with E-state index in [9.17, 15) is 14.4 Å². The van der Waals surface area contributed by atoms with Crippen LogP contribution in [0.25, 0.3) is 10.9 Å². The minimum absolute atomic E-state index is 0. The third-order valence-electron chi connectivity index (χ3n) is 3.17. The summed E-state index contributed by atoms with van der Waals surface area (Å²) >= 11 is 0. The first-order valence-electron chi connectivity index (χ1n) is 6.82. The van der Waals surface area contributed by atoms with Crippen LogP contribution in [0, 0.1) is 0 Å². The fourth-order valence-electron chi connectivity index (χ4n) is 2.10. The number of carbonyl (C=O) groups is 1. The molecule has 0 atom stereocenters. The molecule has 0 aliphatic rings. The van der Waals surface area contributed by atoms with E-state index in [4.69, 9.17) is 5.73 Å². The topological polar surface area (TPSA) is 110 Å². The number of aromatic nitrogens is 2. The minimum atomic E-state index is -0.506. The molecule has 0 unspecified atom stereocenters. The number of H-pyrrole nitrogens is 1. The van der Waals surface area contributed by atoms with Gasteiger partial charge in [0.2, 0.25) is 5.91 Å². The summed E-state index contributed by atoms with van der Waals surface area (Å²) < 4.78 is 1.40. The number of halogens is 1. The van der Waals surface area contributed by atoms with Crippen LogP contribution in [0.4, 0.5) is 0 Å². The van der Waals surface area contributed by atoms with Crippen molar-refractivity contribution in [1.82, 2.24) is 14.9 Å². The average Bonchev–Trinajstić information content (AvgIpc) is 2.47. The lowest BCUT2D eigenvalue weighted by Crippen LogP contribution is -2.33. The van der Waals surface area contributed by atoms with Crippen LogP contribution in [-0.2, 0) is 11.3 Å². The quantitative estimate of drug-likeness (QED) is 0.647. The lowest BCUT2D eigenvalue weighted by atomic mass is 10.2. The van der Waals surface area contributed by atoms with Crippen molar-refractivity contribution in [2.75, 3.05) is 13.1 Å². The Balaban J connectivity index is 0.00000242. The zero-order valence-corrected chi connectivity index (χ0v) is 12.8. The van der Waals surface area contributed by atoms with Crippen molar-refractivity contribution < 1.29 is 4.79 Å². The van der Waals surface area contributed by atoms with Gasteiger partial charge in [0.25, 0.3) is 5.56 Å². The summed E-state index contributed by atoms with van der Waals surface area (Å²) in [6.07, 6.45) is 0.883. The van der Waals surface area contributed by atoms with E-state index < -0.39 is 11.2 Å². The second-order valence-electron chi connectivity index (χ2n) is 4.67. The number of carbonyl (C=O) groups excluding carboxylic acids is 1. The summed E-state index contributed by atoms with van der Waals surface area (Å²) in [5.74, 6) is -0.148. The van der Waals surface area contributed by atoms with E-state index in [1.165, 1.54) is 4.57 Å². The van der Waals surface area contributed by atoms with Gasteiger partial charge >= 0.3 is 5.69 Å². The smallest absolute Gasteiger partial charge is 0.328 e. The van der Waals surface area contributed by atoms with Gasteiger partial charge in [0, 0.05) is 19.5 Å². The number of nitrogens with zero attached hydrogens (tertiary/aromatic N) is 1. The molecule has 1 amide bonds. The molecule has 0 fully saturated rings. The molecular formula is C14H19ClN4O3. The lowest BCUT2D eigenvalue weighted by molar-refractivity contribution is -0.121. The van der Waals surface area contributed by atoms with Gasteiger partial charge in [-0.05, 0) is 25.1 Å². The molecule has 0 saturated heterocycles. The molecule has 1 aromatic carbocycles. The van der Waals surface area contributed by atoms with Crippen molar-refractivity contribution >= 4 is 29.2 Å². The largest absolute Gasteiger partial charge is 0.356 e. The average molecular weight is 327 g/mol. The molecule has 0 spiro atoms. The summed E-state index contributed by atoms with van der Waals surface area (Å²) in [5.41, 5.74) is 4.95. The first-order valence-corrected chi connectivity index (χ1v) is 6.82. The number of fused-ring (bicyclic) bond motifs is 1. The maximum absolute atomic E-state index is 11.9. The highest BCUT2D eigenvalue weighted by molar-refractivity contribution is 5.85. The normalized spacial score (nSPS) is 10.2. The molecule has 0 radical (unpaired) electrons. The van der Waals surface area contributed by atoms with E-state index in [0.29, 0.717) is 30.4 Å². The Morgan fingerprint density at radius 3 is 2.73 bits per heavy atom. The second kappa shape index (κ2) is 8.35. The summed E-state index contributed by atoms with van der Waals surface area (Å²) in [6.45, 7) is 1.26. The van der Waals surface area contributed by atoms with Crippen LogP contribution in [0.3, 0.4) is 0 Å². The van der Waals surface area contributed by atoms with E-state index in [-0.39, 0.29) is 31.3 Å². The van der Waals surface area contributed by atoms with E-state index in [1.807, 2.05) is 0 Å². The van der Waals surface area contributed by atoms with Gasteiger partial charge in [-0.2, -0.15) is 0 Å². The number of benzene rings is 1. The Bertz CT molecular complexity index is 754. The summed E-state index contributed by atoms with van der Waals surface area (Å²) in [5, 5.41) is 3.16. The molecule has 0 bridgehead atoms. The number of para-hydroxylation sites is 1. The van der Waals surface area contributed by atoms with E-state index in [1.54, 1.807) is 24.3 Å². The molecule has 22 heavy (non-hydrogen) atoms. The van der Waals surface area contributed by atoms with E-state index in [2.05, 4.69) is 10.3 Å². The molecule has 2 aromatic rings. The maximum Gasteiger partial charge on any atom is 0.328 e. The van der Waals surface area contributed by atoms with Crippen LogP contribution in [0.5, 0.6) is 0 Å². The SMILES string of the molecule is Cl.NCCCNC(=O)CCn1c(=O)[nH]c(=O)c2ccccc21. The number of nitrogens with one attached hydrogen (secondary N) is 2. The second-order valence-corrected chi connectivity index (χ2v) is 4.67. The molecule has 8 heteroatoms. The Morgan fingerprint density at radius 2 is 2.00 bits per heavy atom. The van der Waals surface area contributed by atoms with Crippen LogP contribution in [0.15, 0.2) is 33.9 Å². The predicted molar refractivity (Wildman–Crippen MR) is 87.4 cm³/mol. The van der Waals surface area contributed by atoms with Gasteiger partial charge in [-0.1, -0.05) is 12.1 Å². The number of rotatable bonds is 6. The van der Waals surface area contributed by atoms with Gasteiger partial charge in [-0.25, -0.2) is 4.79 Å². The van der Waals surface area contributed by atoms with Crippen LogP contribution >= 0.6 is 12.4 Å². The van der Waals surface area contributed by atoms with Gasteiger partial charge in [0.05, 0.1) is 10.9 Å². The van der Waals surface area contributed by atoms with Gasteiger partial charge in [-0.3, -0.25) is 19.1 Å². The number of hydrogen-bond donors (Lipinski definition) is 3. The molecule has 2 rings (SSSR count). The van der Waals surface area contributed by atoms with Gasteiger partial charge in [-0.15, -0.1) is 12.4 Å². The Kier molecular flexibility index (Phi) is 6.81. The van der Waals surface area contributed by atoms with E-state index in [0.717, 1.165) is 0 Å². The summed E-state index contributed by atoms with van der Waals surface area (Å²) in [4.78, 5) is 37.5. The monoisotopic (exact) mass is 326 g/mol. The van der Waals surface area contributed by atoms with Crippen LogP contribution < -0.4 is 22.3 Å². The fraction of sp³-hybridized carbons (Fsp3) is 0.357. The first-order chi connectivity index (χ1) is 10.1. The highest BCUT2D eigenvalue weighted by Gasteiger charge is 2.08. The first kappa shape index (κ1) is 17.9. The Morgan fingerprint density at radius 1 is 1.27 bits per heavy atom. The van der Waals surface area contributed by atoms with Gasteiger partial charge in [0.15, 0.2) is 0 Å². The number of hydrogen-bond acceptors (Lipinski definition) is 4. The highest BCUT2D eigenvalue weighted by atomic mass is 35.5. The Hall–Kier alpha value is -2.12. The molecule has 1 aromatic heterocycles. The number of aryl methyl sites for hydroxylation is 1. The van der Waals surface area contributed by atoms with Crippen LogP contribution in [0.2, 0.25) is 0 Å². The lowest BCUT2D eigenvalue weighted by Gasteiger charge is -2.09. The fourth-order valence-corrected chi connectivity index (χ4v) is 2.10. The minimum Gasteiger partial charge on any atom is -0.356 e. The molecule has 120 valence electrons. The third-order valence-corrected chi connectivity index (χ3v) is 3.17. The number of aromatic amines is 1. The van der Waals surface area contributed by atoms with E-state index >= 15 is 0 Å². The highest BCUT2D eigenvalue weighted by Crippen LogP contribution is 2.06. The van der Waals surface area contributed by atoms with Crippen molar-refractivity contribution in [3.8, 4) is 0 Å². The molecule has 0 saturated carbocycles. The van der Waals surface area contributed by atoms with Crippen molar-refractivity contribution in [3.05, 3.63) is 45.1 Å². The zero-order chi connectivity index (χ0) is 15.2. The maximum atomic E-state index is 11.9. The predicted octanol–water partition coefficient (Wildman–Crippen LogP) is -0.0333. The molecule has 0 aliphatic heterocycles. The van der Waals surface area contributed by atoms with Crippen LogP contribution in [-0.4, -0.2) is 28.5 Å². The standard InChI is InChI=1S/C14H18N4O3.ClH/c15-7-3-8-16-12(19)6-9-18-11-5-2-1-4-10(11)13(20)17-14(18)21;/h1-2,4-5H,3,6-9,15H2,(H,16,19)(H,17,20,21);1H. The summed E-state index contributed by atoms with van der Waals surface area (Å²) in [7, 11) is 0. The number of amides is 1. The van der Waals surface area contributed by atoms with Crippen molar-refractivity contribution in [2.45, 2.75) is 19.4 Å². The van der Waals surface area contributed by atoms with Crippen molar-refractivity contribution in [2.24, 2.45) is 5.73 Å². The molecular weight excluding hydrogens is 308 g/mol. The molecule has 0 aliphatic carbocycles. The van der Waals surface area contributed by atoms with Crippen molar-refractivity contribution in [1.29, 1.82) is 0 Å². The number of nitrogens with two attached hydrogens (primary N) is 1. The summed E-state index contributed by atoms with van der Waals surface area (Å²) in [6, 6.07) is 6.81. The molecule has 7 nitrogen and oxygen atoms in total. The van der Waals surface area contributed by atoms with Crippen LogP contribution in [0.1, 0.15) is 12.8 Å². The Labute approximate surface area is 132 Å². The zero-order valence-electron chi connectivity index (χ0n) is 12.0. The van der Waals surface area contributed by atoms with Gasteiger partial charge < -0.3 is 11.1 Å². The molecule has 1 heterocycles.